The molecular weight excluding hydrogens is 402 g/mol. The van der Waals surface area contributed by atoms with E-state index in [2.05, 4.69) is 5.32 Å². The van der Waals surface area contributed by atoms with E-state index in [-0.39, 0.29) is 11.4 Å². The molecule has 0 aliphatic carbocycles. The molecule has 29 heavy (non-hydrogen) atoms. The molecule has 2 aromatic carbocycles. The second-order valence-electron chi connectivity index (χ2n) is 6.43. The van der Waals surface area contributed by atoms with Crippen molar-refractivity contribution in [1.82, 2.24) is 0 Å². The second-order valence-corrected chi connectivity index (χ2v) is 7.85. The Morgan fingerprint density at radius 1 is 1.03 bits per heavy atom. The third-order valence-corrected chi connectivity index (χ3v) is 4.56. The average molecular weight is 419 g/mol. The van der Waals surface area contributed by atoms with Crippen molar-refractivity contribution in [3.8, 4) is 11.5 Å². The molecule has 0 saturated carbocycles. The van der Waals surface area contributed by atoms with E-state index in [1.165, 1.54) is 19.9 Å². The molecule has 1 heterocycles. The molecule has 0 amide bonds. The van der Waals surface area contributed by atoms with Gasteiger partial charge in [0.1, 0.15) is 5.75 Å². The molecule has 1 saturated heterocycles. The van der Waals surface area contributed by atoms with Gasteiger partial charge in [-0.2, -0.15) is 8.42 Å². The lowest BCUT2D eigenvalue weighted by atomic mass is 10.2. The molecule has 9 nitrogen and oxygen atoms in total. The first kappa shape index (κ1) is 20.4. The molecule has 3 rings (SSSR count). The zero-order chi connectivity index (χ0) is 21.2. The number of carbonyl (C=O) groups excluding carboxylic acids is 2. The molecule has 0 atom stereocenters. The third kappa shape index (κ3) is 4.92. The molecule has 0 aromatic heterocycles. The van der Waals surface area contributed by atoms with Crippen molar-refractivity contribution in [2.75, 3.05) is 5.32 Å². The first-order valence-corrected chi connectivity index (χ1v) is 9.77. The van der Waals surface area contributed by atoms with Gasteiger partial charge in [-0.05, 0) is 30.3 Å². The summed E-state index contributed by atoms with van der Waals surface area (Å²) in [4.78, 5) is 23.7. The number of anilines is 1. The van der Waals surface area contributed by atoms with Gasteiger partial charge in [0.25, 0.3) is 15.9 Å². The van der Waals surface area contributed by atoms with Crippen LogP contribution < -0.4 is 10.1 Å². The minimum Gasteiger partial charge on any atom is -0.455 e. The van der Waals surface area contributed by atoms with Gasteiger partial charge in [0, 0.05) is 20.0 Å². The highest BCUT2D eigenvalue weighted by molar-refractivity contribution is 7.85. The fourth-order valence-electron chi connectivity index (χ4n) is 2.42. The quantitative estimate of drug-likeness (QED) is 0.325. The zero-order valence-corrected chi connectivity index (χ0v) is 16.2. The molecule has 10 heteroatoms. The second kappa shape index (κ2) is 7.57. The van der Waals surface area contributed by atoms with E-state index in [1.54, 1.807) is 30.3 Å². The average Bonchev–Trinajstić information content (AvgIpc) is 2.61. The van der Waals surface area contributed by atoms with Crippen LogP contribution in [0, 0.1) is 0 Å². The van der Waals surface area contributed by atoms with Crippen molar-refractivity contribution in [1.29, 1.82) is 0 Å². The maximum absolute atomic E-state index is 12.0. The van der Waals surface area contributed by atoms with Crippen LogP contribution in [0.5, 0.6) is 11.5 Å². The van der Waals surface area contributed by atoms with E-state index < -0.39 is 38.3 Å². The van der Waals surface area contributed by atoms with E-state index >= 15 is 0 Å². The topological polar surface area (TPSA) is 128 Å². The summed E-state index contributed by atoms with van der Waals surface area (Å²) in [6, 6.07) is 12.2. The summed E-state index contributed by atoms with van der Waals surface area (Å²) in [6.45, 7) is 2.82. The molecule has 1 aliphatic heterocycles. The van der Waals surface area contributed by atoms with Crippen LogP contribution in [0.1, 0.15) is 13.8 Å². The standard InChI is InChI=1S/C19H17NO8S/c1-19(2)27-17(21)14(18(22)28-19)11-20-15-10-13(29(23,24)25)8-9-16(15)26-12-6-4-3-5-7-12/h3-11,20H,1-2H3,(H,23,24,25). The Hall–Kier alpha value is -3.37. The Morgan fingerprint density at radius 3 is 2.24 bits per heavy atom. The van der Waals surface area contributed by atoms with Crippen LogP contribution in [0.25, 0.3) is 0 Å². The van der Waals surface area contributed by atoms with Gasteiger partial charge < -0.3 is 19.5 Å². The Labute approximate surface area is 166 Å². The van der Waals surface area contributed by atoms with Crippen molar-refractivity contribution >= 4 is 27.7 Å². The normalized spacial score (nSPS) is 15.9. The molecule has 152 valence electrons. The number of ether oxygens (including phenoxy) is 3. The van der Waals surface area contributed by atoms with Gasteiger partial charge in [-0.15, -0.1) is 0 Å². The summed E-state index contributed by atoms with van der Waals surface area (Å²) in [5.41, 5.74) is -0.353. The van der Waals surface area contributed by atoms with Gasteiger partial charge in [-0.3, -0.25) is 4.55 Å². The molecule has 1 aliphatic rings. The number of hydrogen-bond acceptors (Lipinski definition) is 8. The first-order valence-electron chi connectivity index (χ1n) is 8.33. The van der Waals surface area contributed by atoms with Crippen molar-refractivity contribution in [3.63, 3.8) is 0 Å². The summed E-state index contributed by atoms with van der Waals surface area (Å²) < 4.78 is 47.9. The van der Waals surface area contributed by atoms with E-state index in [0.717, 1.165) is 18.3 Å². The number of para-hydroxylation sites is 1. The van der Waals surface area contributed by atoms with Crippen molar-refractivity contribution < 1.29 is 36.8 Å². The molecule has 0 unspecified atom stereocenters. The van der Waals surface area contributed by atoms with Gasteiger partial charge in [0.2, 0.25) is 0 Å². The van der Waals surface area contributed by atoms with Crippen LogP contribution in [-0.2, 0) is 29.2 Å². The summed E-state index contributed by atoms with van der Waals surface area (Å²) in [5.74, 6) is -2.57. The molecule has 1 fully saturated rings. The summed E-state index contributed by atoms with van der Waals surface area (Å²) in [5, 5.41) is 2.64. The highest BCUT2D eigenvalue weighted by atomic mass is 32.2. The van der Waals surface area contributed by atoms with Gasteiger partial charge >= 0.3 is 11.9 Å². The number of benzene rings is 2. The van der Waals surface area contributed by atoms with E-state index in [1.807, 2.05) is 0 Å². The highest BCUT2D eigenvalue weighted by Gasteiger charge is 2.39. The SMILES string of the molecule is CC1(C)OC(=O)C(=CNc2cc(S(=O)(=O)O)ccc2Oc2ccccc2)C(=O)O1. The number of hydrogen-bond donors (Lipinski definition) is 2. The Kier molecular flexibility index (Phi) is 5.31. The Morgan fingerprint density at radius 2 is 1.66 bits per heavy atom. The lowest BCUT2D eigenvalue weighted by molar-refractivity contribution is -0.222. The zero-order valence-electron chi connectivity index (χ0n) is 15.4. The molecule has 0 spiro atoms. The van der Waals surface area contributed by atoms with Crippen LogP contribution in [0.2, 0.25) is 0 Å². The van der Waals surface area contributed by atoms with Crippen LogP contribution in [0.4, 0.5) is 5.69 Å². The number of carbonyl (C=O) groups is 2. The number of rotatable bonds is 5. The number of nitrogens with one attached hydrogen (secondary N) is 1. The van der Waals surface area contributed by atoms with E-state index in [0.29, 0.717) is 5.75 Å². The maximum Gasteiger partial charge on any atom is 0.350 e. The van der Waals surface area contributed by atoms with E-state index in [9.17, 15) is 22.6 Å². The highest BCUT2D eigenvalue weighted by Crippen LogP contribution is 2.32. The van der Waals surface area contributed by atoms with Crippen LogP contribution in [0.15, 0.2) is 65.2 Å². The van der Waals surface area contributed by atoms with Gasteiger partial charge in [0.05, 0.1) is 10.6 Å². The largest absolute Gasteiger partial charge is 0.455 e. The molecule has 0 bridgehead atoms. The Bertz CT molecular complexity index is 1070. The number of cyclic esters (lactones) is 2. The first-order chi connectivity index (χ1) is 13.5. The predicted octanol–water partition coefficient (Wildman–Crippen LogP) is 2.86. The maximum atomic E-state index is 12.0. The van der Waals surface area contributed by atoms with Crippen molar-refractivity contribution in [2.24, 2.45) is 0 Å². The summed E-state index contributed by atoms with van der Waals surface area (Å²) >= 11 is 0. The summed E-state index contributed by atoms with van der Waals surface area (Å²) in [6.07, 6.45) is 1.01. The monoisotopic (exact) mass is 419 g/mol. The minimum absolute atomic E-state index is 0.0712. The lowest BCUT2D eigenvalue weighted by Gasteiger charge is -2.29. The van der Waals surface area contributed by atoms with Crippen LogP contribution >= 0.6 is 0 Å². The third-order valence-electron chi connectivity index (χ3n) is 3.71. The van der Waals surface area contributed by atoms with Crippen molar-refractivity contribution in [3.05, 3.63) is 60.3 Å². The lowest BCUT2D eigenvalue weighted by Crippen LogP contribution is -2.42. The van der Waals surface area contributed by atoms with Gasteiger partial charge in [0.15, 0.2) is 11.3 Å². The molecule has 2 N–H and O–H groups in total. The minimum atomic E-state index is -4.49. The van der Waals surface area contributed by atoms with E-state index in [4.69, 9.17) is 14.2 Å². The summed E-state index contributed by atoms with van der Waals surface area (Å²) in [7, 11) is -4.49. The molecule has 0 radical (unpaired) electrons. The fourth-order valence-corrected chi connectivity index (χ4v) is 2.92. The predicted molar refractivity (Wildman–Crippen MR) is 101 cm³/mol. The smallest absolute Gasteiger partial charge is 0.350 e. The Balaban J connectivity index is 1.95. The molecular formula is C19H17NO8S. The number of esters is 2. The van der Waals surface area contributed by atoms with Gasteiger partial charge in [-0.1, -0.05) is 18.2 Å². The van der Waals surface area contributed by atoms with Crippen LogP contribution in [-0.4, -0.2) is 30.7 Å². The molecule has 2 aromatic rings. The van der Waals surface area contributed by atoms with Crippen molar-refractivity contribution in [2.45, 2.75) is 24.5 Å². The van der Waals surface area contributed by atoms with Gasteiger partial charge in [-0.25, -0.2) is 9.59 Å². The fraction of sp³-hybridized carbons (Fsp3) is 0.158. The van der Waals surface area contributed by atoms with Crippen LogP contribution in [0.3, 0.4) is 0 Å².